The average Bonchev–Trinajstić information content (AvgIpc) is 4.17. The monoisotopic (exact) mass is 1080 g/mol. The summed E-state index contributed by atoms with van der Waals surface area (Å²) in [5, 5.41) is 4.81. The fraction of sp³-hybridized carbons (Fsp3) is 0.456. The van der Waals surface area contributed by atoms with Gasteiger partial charge in [0.05, 0.1) is 37.2 Å². The molecule has 8 heterocycles. The molecule has 0 spiro atoms. The highest BCUT2D eigenvalue weighted by molar-refractivity contribution is 5.81. The summed E-state index contributed by atoms with van der Waals surface area (Å²) >= 11 is 0. The molecular formula is C57H72N16O6. The number of amides is 1. The maximum absolute atomic E-state index is 14.0. The average molecular weight is 1080 g/mol. The van der Waals surface area contributed by atoms with Crippen LogP contribution in [-0.2, 0) is 45.0 Å². The van der Waals surface area contributed by atoms with Gasteiger partial charge in [-0.05, 0) is 86.3 Å². The van der Waals surface area contributed by atoms with E-state index in [0.29, 0.717) is 54.3 Å². The molecule has 1 amide bonds. The van der Waals surface area contributed by atoms with Gasteiger partial charge in [0.25, 0.3) is 11.1 Å². The minimum Gasteiger partial charge on any atom is -0.444 e. The zero-order chi connectivity index (χ0) is 54.9. The van der Waals surface area contributed by atoms with E-state index >= 15 is 0 Å². The molecule has 0 radical (unpaired) electrons. The van der Waals surface area contributed by atoms with Crippen LogP contribution in [0.3, 0.4) is 0 Å². The van der Waals surface area contributed by atoms with Crippen molar-refractivity contribution in [2.75, 3.05) is 36.0 Å². The van der Waals surface area contributed by atoms with Crippen molar-refractivity contribution in [2.45, 2.75) is 133 Å². The highest BCUT2D eigenvalue weighted by Gasteiger charge is 2.30. The highest BCUT2D eigenvalue weighted by atomic mass is 16.6. The van der Waals surface area contributed by atoms with Gasteiger partial charge in [-0.1, -0.05) is 63.1 Å². The van der Waals surface area contributed by atoms with Crippen LogP contribution in [0.15, 0.2) is 67.7 Å². The van der Waals surface area contributed by atoms with Gasteiger partial charge < -0.3 is 25.6 Å². The number of fused-ring (bicyclic) bond motifs is 4. The SMILES string of the molecule is C.C.CC#CCn1c(N2CCC[C@@H](N)C2)nc2c1c(=O)n(Cc1nc(C)c3ccccc3n1)c(=O)n2C.CC#CCn1c(N2CCC[C@@H](NC(=O)OC(C)(C)C)C2)nc2c1c(=O)n(Cc1nc(C)c3ccccc3n1)c(=O)n2C. The van der Waals surface area contributed by atoms with Crippen molar-refractivity contribution in [3.05, 3.63) is 113 Å². The molecule has 10 rings (SSSR count). The topological polar surface area (TPSA) is 246 Å². The molecule has 2 saturated heterocycles. The maximum atomic E-state index is 14.0. The van der Waals surface area contributed by atoms with Crippen LogP contribution in [0.5, 0.6) is 0 Å². The molecule has 0 bridgehead atoms. The van der Waals surface area contributed by atoms with Gasteiger partial charge in [0.1, 0.15) is 17.2 Å². The number of para-hydroxylation sites is 2. The van der Waals surface area contributed by atoms with Gasteiger partial charge in [-0.15, -0.1) is 11.8 Å². The molecule has 416 valence electrons. The first-order chi connectivity index (χ1) is 36.8. The number of hydrogen-bond acceptors (Lipinski definition) is 15. The third-order valence-electron chi connectivity index (χ3n) is 13.7. The van der Waals surface area contributed by atoms with Crippen molar-refractivity contribution in [1.29, 1.82) is 0 Å². The number of anilines is 2. The Morgan fingerprint density at radius 3 is 1.54 bits per heavy atom. The number of aryl methyl sites for hydroxylation is 4. The molecule has 2 fully saturated rings. The van der Waals surface area contributed by atoms with Gasteiger partial charge in [0, 0.05) is 74.5 Å². The predicted molar refractivity (Wildman–Crippen MR) is 310 cm³/mol. The lowest BCUT2D eigenvalue weighted by Crippen LogP contribution is -2.49. The summed E-state index contributed by atoms with van der Waals surface area (Å²) in [6.07, 6.45) is 2.98. The molecule has 2 aromatic carbocycles. The van der Waals surface area contributed by atoms with Gasteiger partial charge in [0.2, 0.25) is 11.9 Å². The van der Waals surface area contributed by atoms with Crippen LogP contribution >= 0.6 is 0 Å². The Bertz CT molecular complexity index is 3980. The number of carbonyl (C=O) groups excluding carboxylic acids is 1. The Morgan fingerprint density at radius 1 is 0.658 bits per heavy atom. The Balaban J connectivity index is 0.000000226. The van der Waals surface area contributed by atoms with E-state index in [9.17, 15) is 24.0 Å². The smallest absolute Gasteiger partial charge is 0.407 e. The van der Waals surface area contributed by atoms with E-state index < -0.39 is 34.2 Å². The first-order valence-corrected chi connectivity index (χ1v) is 25.7. The first kappa shape index (κ1) is 58.1. The van der Waals surface area contributed by atoms with Crippen molar-refractivity contribution in [1.82, 2.24) is 62.6 Å². The van der Waals surface area contributed by atoms with Crippen LogP contribution in [0.2, 0.25) is 0 Å². The van der Waals surface area contributed by atoms with E-state index in [-0.39, 0.29) is 64.3 Å². The number of imidazole rings is 2. The zero-order valence-electron chi connectivity index (χ0n) is 45.0. The number of ether oxygens (including phenoxy) is 1. The summed E-state index contributed by atoms with van der Waals surface area (Å²) in [4.78, 5) is 98.9. The maximum Gasteiger partial charge on any atom is 0.407 e. The molecule has 6 aromatic heterocycles. The van der Waals surface area contributed by atoms with E-state index in [0.717, 1.165) is 70.0 Å². The number of piperidine rings is 2. The molecule has 2 atom stereocenters. The van der Waals surface area contributed by atoms with Crippen LogP contribution in [0, 0.1) is 37.5 Å². The molecule has 22 nitrogen and oxygen atoms in total. The zero-order valence-corrected chi connectivity index (χ0v) is 45.0. The van der Waals surface area contributed by atoms with Crippen LogP contribution in [-0.4, -0.2) is 107 Å². The van der Waals surface area contributed by atoms with Gasteiger partial charge in [0.15, 0.2) is 22.3 Å². The number of nitrogens with zero attached hydrogens (tertiary/aromatic N) is 14. The van der Waals surface area contributed by atoms with Crippen molar-refractivity contribution in [2.24, 2.45) is 19.8 Å². The Hall–Kier alpha value is -8.63. The Kier molecular flexibility index (Phi) is 17.6. The lowest BCUT2D eigenvalue weighted by atomic mass is 10.1. The van der Waals surface area contributed by atoms with E-state index in [1.165, 1.54) is 13.7 Å². The third-order valence-corrected chi connectivity index (χ3v) is 13.7. The summed E-state index contributed by atoms with van der Waals surface area (Å²) < 4.78 is 14.1. The summed E-state index contributed by atoms with van der Waals surface area (Å²) in [5.41, 5.74) is 8.00. The molecule has 79 heavy (non-hydrogen) atoms. The number of benzene rings is 2. The number of carbonyl (C=O) groups is 1. The van der Waals surface area contributed by atoms with Crippen LogP contribution < -0.4 is 43.3 Å². The second kappa shape index (κ2) is 23.9. The van der Waals surface area contributed by atoms with E-state index in [2.05, 4.69) is 53.8 Å². The first-order valence-electron chi connectivity index (χ1n) is 25.7. The summed E-state index contributed by atoms with van der Waals surface area (Å²) in [5.74, 6) is 13.8. The van der Waals surface area contributed by atoms with Crippen molar-refractivity contribution < 1.29 is 9.53 Å². The minimum absolute atomic E-state index is 0. The molecule has 3 N–H and O–H groups in total. The number of alkyl carbamates (subject to hydrolysis) is 1. The molecule has 2 aliphatic heterocycles. The van der Waals surface area contributed by atoms with Gasteiger partial charge in [-0.25, -0.2) is 34.3 Å². The summed E-state index contributed by atoms with van der Waals surface area (Å²) in [6, 6.07) is 15.2. The Labute approximate surface area is 458 Å². The lowest BCUT2D eigenvalue weighted by Gasteiger charge is -2.34. The molecular weight excluding hydrogens is 1000 g/mol. The standard InChI is InChI=1S/C30H36N8O4.C25H28N8O2.2CH4/c1-7-8-16-37-24-25(34-27(37)36-15-11-12-20(17-36)32-28(40)42-30(3,4)5)35(6)29(41)38(26(24)39)18-23-31-19(2)21-13-9-10-14-22(21)33-23;1-4-5-13-32-21-22(29-24(32)31-12-8-9-17(26)14-31)30(3)25(35)33(23(21)34)15-20-27-16(2)18-10-6-7-11-19(18)28-20;;/h9-10,13-14,20H,11-12,15-18H2,1-6H3,(H,32,40);6-7,10-11,17H,8-9,12-15,26H2,1-3H3;2*1H4/t20-;17-;;/m11../s1. The molecule has 8 aromatic rings. The number of rotatable bonds is 9. The van der Waals surface area contributed by atoms with Crippen molar-refractivity contribution in [3.63, 3.8) is 0 Å². The normalized spacial score (nSPS) is 15.3. The molecule has 22 heteroatoms. The molecule has 0 aliphatic carbocycles. The summed E-state index contributed by atoms with van der Waals surface area (Å²) in [6.45, 7) is 15.6. The van der Waals surface area contributed by atoms with Crippen molar-refractivity contribution >= 4 is 62.1 Å². The number of hydrogen-bond donors (Lipinski definition) is 2. The van der Waals surface area contributed by atoms with Crippen LogP contribution in [0.1, 0.15) is 98.2 Å². The fourth-order valence-corrected chi connectivity index (χ4v) is 10.1. The van der Waals surface area contributed by atoms with Gasteiger partial charge in [-0.3, -0.25) is 37.0 Å². The Morgan fingerprint density at radius 2 is 1.10 bits per heavy atom. The highest BCUT2D eigenvalue weighted by Crippen LogP contribution is 2.26. The number of aromatic nitrogens is 12. The third kappa shape index (κ3) is 11.9. The predicted octanol–water partition coefficient (Wildman–Crippen LogP) is 5.13. The van der Waals surface area contributed by atoms with Gasteiger partial charge in [-0.2, -0.15) is 9.97 Å². The molecule has 2 aliphatic rings. The van der Waals surface area contributed by atoms with Gasteiger partial charge >= 0.3 is 17.5 Å². The van der Waals surface area contributed by atoms with Crippen molar-refractivity contribution in [3.8, 4) is 23.7 Å². The van der Waals surface area contributed by atoms with Crippen LogP contribution in [0.25, 0.3) is 44.1 Å². The number of nitrogens with one attached hydrogen (secondary N) is 1. The van der Waals surface area contributed by atoms with E-state index in [1.807, 2.05) is 88.0 Å². The van der Waals surface area contributed by atoms with E-state index in [4.69, 9.17) is 20.4 Å². The number of nitrogens with two attached hydrogens (primary N) is 1. The largest absolute Gasteiger partial charge is 0.444 e. The summed E-state index contributed by atoms with van der Waals surface area (Å²) in [7, 11) is 3.23. The molecule has 0 saturated carbocycles. The second-order valence-corrected chi connectivity index (χ2v) is 20.4. The quantitative estimate of drug-likeness (QED) is 0.178. The fourth-order valence-electron chi connectivity index (χ4n) is 10.1. The van der Waals surface area contributed by atoms with E-state index in [1.54, 1.807) is 37.1 Å². The molecule has 0 unspecified atom stereocenters. The minimum atomic E-state index is -0.605. The van der Waals surface area contributed by atoms with Crippen LogP contribution in [0.4, 0.5) is 16.7 Å². The second-order valence-electron chi connectivity index (χ2n) is 20.4. The lowest BCUT2D eigenvalue weighted by molar-refractivity contribution is 0.0499.